The molecule has 0 radical (unpaired) electrons. The molecule has 6 nitrogen and oxygen atoms in total. The van der Waals surface area contributed by atoms with Gasteiger partial charge in [0.05, 0.1) is 18.2 Å². The van der Waals surface area contributed by atoms with Crippen LogP contribution in [0.25, 0.3) is 0 Å². The lowest BCUT2D eigenvalue weighted by Crippen LogP contribution is -2.54. The summed E-state index contributed by atoms with van der Waals surface area (Å²) in [7, 11) is 0. The normalized spacial score (nSPS) is 20.0. The van der Waals surface area contributed by atoms with Crippen molar-refractivity contribution in [3.63, 3.8) is 0 Å². The van der Waals surface area contributed by atoms with E-state index in [0.717, 1.165) is 29.9 Å². The predicted molar refractivity (Wildman–Crippen MR) is 96.3 cm³/mol. The number of anilines is 1. The van der Waals surface area contributed by atoms with Crippen LogP contribution in [0.4, 0.5) is 10.2 Å². The second-order valence-electron chi connectivity index (χ2n) is 6.84. The number of halogens is 1. The molecule has 2 N–H and O–H groups in total. The Morgan fingerprint density at radius 3 is 3.00 bits per heavy atom. The van der Waals surface area contributed by atoms with E-state index in [1.807, 2.05) is 4.90 Å². The molecule has 0 spiro atoms. The van der Waals surface area contributed by atoms with Crippen LogP contribution in [-0.2, 0) is 11.2 Å². The van der Waals surface area contributed by atoms with Crippen molar-refractivity contribution in [3.8, 4) is 0 Å². The average molecular weight is 358 g/mol. The second-order valence-corrected chi connectivity index (χ2v) is 6.84. The molecule has 138 valence electrons. The van der Waals surface area contributed by atoms with Crippen molar-refractivity contribution < 1.29 is 14.3 Å². The fourth-order valence-corrected chi connectivity index (χ4v) is 3.26. The van der Waals surface area contributed by atoms with E-state index in [9.17, 15) is 14.3 Å². The highest BCUT2D eigenvalue weighted by Crippen LogP contribution is 2.24. The maximum atomic E-state index is 13.2. The Kier molecular flexibility index (Phi) is 5.46. The van der Waals surface area contributed by atoms with Crippen LogP contribution in [0.1, 0.15) is 24.0 Å². The van der Waals surface area contributed by atoms with Gasteiger partial charge in [0, 0.05) is 32.0 Å². The molecule has 3 rings (SSSR count). The van der Waals surface area contributed by atoms with Crippen molar-refractivity contribution in [1.82, 2.24) is 15.3 Å². The van der Waals surface area contributed by atoms with Crippen molar-refractivity contribution in [2.24, 2.45) is 0 Å². The molecule has 1 aliphatic heterocycles. The Bertz CT molecular complexity index is 771. The number of carbonyl (C=O) groups excluding carboxylic acids is 1. The Balaban J connectivity index is 1.56. The van der Waals surface area contributed by atoms with Crippen LogP contribution in [0.5, 0.6) is 0 Å². The number of aromatic nitrogens is 2. The topological polar surface area (TPSA) is 78.4 Å². The first-order valence-corrected chi connectivity index (χ1v) is 8.70. The highest BCUT2D eigenvalue weighted by atomic mass is 19.1. The van der Waals surface area contributed by atoms with Gasteiger partial charge in [0.15, 0.2) is 0 Å². The minimum absolute atomic E-state index is 0.163. The summed E-state index contributed by atoms with van der Waals surface area (Å²) >= 11 is 0. The quantitative estimate of drug-likeness (QED) is 0.849. The number of nitrogens with zero attached hydrogens (tertiary/aromatic N) is 3. The van der Waals surface area contributed by atoms with E-state index >= 15 is 0 Å². The smallest absolute Gasteiger partial charge is 0.224 e. The number of hydrogen-bond donors (Lipinski definition) is 2. The van der Waals surface area contributed by atoms with E-state index < -0.39 is 5.60 Å². The number of carbonyl (C=O) groups is 1. The van der Waals surface area contributed by atoms with Gasteiger partial charge in [-0.25, -0.2) is 9.37 Å². The van der Waals surface area contributed by atoms with Crippen molar-refractivity contribution in [1.29, 1.82) is 0 Å². The number of piperidine rings is 1. The second kappa shape index (κ2) is 7.78. The first-order chi connectivity index (χ1) is 12.5. The zero-order valence-corrected chi connectivity index (χ0v) is 14.8. The van der Waals surface area contributed by atoms with Crippen LogP contribution in [0.3, 0.4) is 0 Å². The summed E-state index contributed by atoms with van der Waals surface area (Å²) in [5.74, 6) is 0.218. The van der Waals surface area contributed by atoms with E-state index in [0.29, 0.717) is 13.0 Å². The average Bonchev–Trinajstić information content (AvgIpc) is 2.63. The lowest BCUT2D eigenvalue weighted by molar-refractivity contribution is -0.121. The van der Waals surface area contributed by atoms with Gasteiger partial charge in [-0.1, -0.05) is 6.07 Å². The SMILES string of the molecule is Cc1cc(F)ccc1CC(=O)NCC1(O)CCCN(c2cnccn2)C1. The molecule has 2 heterocycles. The number of aryl methyl sites for hydroxylation is 1. The summed E-state index contributed by atoms with van der Waals surface area (Å²) in [5, 5.41) is 13.7. The molecule has 0 aliphatic carbocycles. The molecule has 0 saturated carbocycles. The first-order valence-electron chi connectivity index (χ1n) is 8.70. The van der Waals surface area contributed by atoms with Crippen molar-refractivity contribution >= 4 is 11.7 Å². The monoisotopic (exact) mass is 358 g/mol. The summed E-state index contributed by atoms with van der Waals surface area (Å²) in [5.41, 5.74) is 0.509. The van der Waals surface area contributed by atoms with Crippen LogP contribution in [0.2, 0.25) is 0 Å². The first kappa shape index (κ1) is 18.3. The summed E-state index contributed by atoms with van der Waals surface area (Å²) in [6.07, 6.45) is 6.48. The summed E-state index contributed by atoms with van der Waals surface area (Å²) in [6, 6.07) is 4.38. The van der Waals surface area contributed by atoms with Crippen LogP contribution in [0, 0.1) is 12.7 Å². The van der Waals surface area contributed by atoms with Gasteiger partial charge in [-0.2, -0.15) is 0 Å². The molecule has 1 aromatic heterocycles. The predicted octanol–water partition coefficient (Wildman–Crippen LogP) is 1.61. The van der Waals surface area contributed by atoms with Crippen molar-refractivity contribution in [2.45, 2.75) is 31.8 Å². The van der Waals surface area contributed by atoms with Gasteiger partial charge >= 0.3 is 0 Å². The van der Waals surface area contributed by atoms with Gasteiger partial charge in [0.1, 0.15) is 11.6 Å². The molecule has 1 fully saturated rings. The third-order valence-electron chi connectivity index (χ3n) is 4.70. The van der Waals surface area contributed by atoms with Gasteiger partial charge in [0.2, 0.25) is 5.91 Å². The maximum absolute atomic E-state index is 13.2. The summed E-state index contributed by atoms with van der Waals surface area (Å²) in [4.78, 5) is 22.5. The third kappa shape index (κ3) is 4.54. The number of hydrogen-bond acceptors (Lipinski definition) is 5. The molecule has 2 aromatic rings. The zero-order chi connectivity index (χ0) is 18.6. The number of nitrogens with one attached hydrogen (secondary N) is 1. The molecule has 1 saturated heterocycles. The number of aliphatic hydroxyl groups is 1. The fourth-order valence-electron chi connectivity index (χ4n) is 3.26. The highest BCUT2D eigenvalue weighted by Gasteiger charge is 2.34. The minimum Gasteiger partial charge on any atom is -0.386 e. The Morgan fingerprint density at radius 1 is 1.42 bits per heavy atom. The molecule has 7 heteroatoms. The van der Waals surface area contributed by atoms with Crippen LogP contribution in [0.15, 0.2) is 36.8 Å². The molecule has 0 bridgehead atoms. The van der Waals surface area contributed by atoms with Gasteiger partial charge in [0.25, 0.3) is 0 Å². The molecule has 26 heavy (non-hydrogen) atoms. The standard InChI is InChI=1S/C19H23FN4O2/c1-14-9-16(20)4-3-15(14)10-18(25)23-12-19(26)5-2-8-24(13-19)17-11-21-6-7-22-17/h3-4,6-7,9,11,26H,2,5,8,10,12-13H2,1H3,(H,23,25). The molecule has 1 aliphatic rings. The van der Waals surface area contributed by atoms with E-state index in [2.05, 4.69) is 15.3 Å². The van der Waals surface area contributed by atoms with Gasteiger partial charge in [-0.05, 0) is 43.0 Å². The largest absolute Gasteiger partial charge is 0.386 e. The molecular weight excluding hydrogens is 335 g/mol. The molecule has 1 unspecified atom stereocenters. The number of β-amino-alcohol motifs (C(OH)–C–C–N with tert-alkyl or cyclic N) is 1. The third-order valence-corrected chi connectivity index (χ3v) is 4.70. The molecular formula is C19H23FN4O2. The van der Waals surface area contributed by atoms with E-state index in [4.69, 9.17) is 0 Å². The Labute approximate surface area is 152 Å². The fraction of sp³-hybridized carbons (Fsp3) is 0.421. The summed E-state index contributed by atoms with van der Waals surface area (Å²) < 4.78 is 13.2. The Morgan fingerprint density at radius 2 is 2.27 bits per heavy atom. The maximum Gasteiger partial charge on any atom is 0.224 e. The number of benzene rings is 1. The van der Waals surface area contributed by atoms with E-state index in [1.54, 1.807) is 31.6 Å². The van der Waals surface area contributed by atoms with Gasteiger partial charge in [-0.3, -0.25) is 9.78 Å². The minimum atomic E-state index is -1.01. The lowest BCUT2D eigenvalue weighted by Gasteiger charge is -2.39. The summed E-state index contributed by atoms with van der Waals surface area (Å²) in [6.45, 7) is 3.13. The highest BCUT2D eigenvalue weighted by molar-refractivity contribution is 5.79. The molecule has 1 amide bonds. The van der Waals surface area contributed by atoms with E-state index in [-0.39, 0.29) is 24.7 Å². The van der Waals surface area contributed by atoms with Crippen LogP contribution in [-0.4, -0.2) is 46.2 Å². The van der Waals surface area contributed by atoms with Crippen molar-refractivity contribution in [3.05, 3.63) is 53.7 Å². The molecule has 1 aromatic carbocycles. The van der Waals surface area contributed by atoms with Gasteiger partial charge < -0.3 is 15.3 Å². The van der Waals surface area contributed by atoms with Crippen LogP contribution < -0.4 is 10.2 Å². The van der Waals surface area contributed by atoms with Crippen molar-refractivity contribution in [2.75, 3.05) is 24.5 Å². The number of rotatable bonds is 5. The number of amides is 1. The lowest BCUT2D eigenvalue weighted by atomic mass is 9.92. The van der Waals surface area contributed by atoms with Crippen LogP contribution >= 0.6 is 0 Å². The molecule has 1 atom stereocenters. The van der Waals surface area contributed by atoms with E-state index in [1.165, 1.54) is 12.1 Å². The van der Waals surface area contributed by atoms with Gasteiger partial charge in [-0.15, -0.1) is 0 Å². The zero-order valence-electron chi connectivity index (χ0n) is 14.8. The Hall–Kier alpha value is -2.54.